The second-order valence-corrected chi connectivity index (χ2v) is 13.1. The zero-order chi connectivity index (χ0) is 24.7. The van der Waals surface area contributed by atoms with Gasteiger partial charge in [-0.3, -0.25) is 4.79 Å². The minimum absolute atomic E-state index is 0.0356. The van der Waals surface area contributed by atoms with Crippen LogP contribution in [0.2, 0.25) is 0 Å². The second-order valence-electron chi connectivity index (χ2n) is 13.1. The van der Waals surface area contributed by atoms with E-state index in [1.807, 2.05) is 6.92 Å². The topological polar surface area (TPSA) is 46.5 Å². The molecule has 1 N–H and O–H groups in total. The second kappa shape index (κ2) is 9.75. The largest absolute Gasteiger partial charge is 0.466 e. The van der Waals surface area contributed by atoms with Gasteiger partial charge in [-0.1, -0.05) is 77.2 Å². The molecule has 4 aliphatic rings. The van der Waals surface area contributed by atoms with E-state index in [2.05, 4.69) is 46.8 Å². The molecule has 0 unspecified atom stereocenters. The van der Waals surface area contributed by atoms with Crippen molar-refractivity contribution in [3.63, 3.8) is 0 Å². The van der Waals surface area contributed by atoms with Crippen molar-refractivity contribution in [3.05, 3.63) is 23.3 Å². The number of aliphatic hydroxyl groups excluding tert-OH is 1. The van der Waals surface area contributed by atoms with Crippen molar-refractivity contribution < 1.29 is 14.6 Å². The van der Waals surface area contributed by atoms with Crippen LogP contribution in [0.4, 0.5) is 0 Å². The van der Waals surface area contributed by atoms with E-state index in [0.717, 1.165) is 50.9 Å². The van der Waals surface area contributed by atoms with Crippen LogP contribution in [0.5, 0.6) is 0 Å². The van der Waals surface area contributed by atoms with E-state index >= 15 is 0 Å². The summed E-state index contributed by atoms with van der Waals surface area (Å²) in [7, 11) is 0. The number of carbonyl (C=O) groups excluding carboxylic acids is 1. The van der Waals surface area contributed by atoms with Gasteiger partial charge in [0.1, 0.15) is 0 Å². The fraction of sp³-hybridized carbons (Fsp3) is 0.839. The summed E-state index contributed by atoms with van der Waals surface area (Å²) in [6, 6.07) is 0. The van der Waals surface area contributed by atoms with Gasteiger partial charge in [-0.15, -0.1) is 0 Å². The lowest BCUT2D eigenvalue weighted by molar-refractivity contribution is -0.147. The number of esters is 1. The summed E-state index contributed by atoms with van der Waals surface area (Å²) in [6.07, 6.45) is 16.7. The quantitative estimate of drug-likeness (QED) is 0.293. The molecule has 1 fully saturated rings. The molecule has 3 nitrogen and oxygen atoms in total. The van der Waals surface area contributed by atoms with E-state index in [1.165, 1.54) is 19.3 Å². The number of ether oxygens (including phenoxy) is 1. The first-order valence-corrected chi connectivity index (χ1v) is 14.3. The van der Waals surface area contributed by atoms with Gasteiger partial charge in [0.05, 0.1) is 19.1 Å². The molecule has 0 spiro atoms. The Bertz CT molecular complexity index is 825. The lowest BCUT2D eigenvalue weighted by Gasteiger charge is -2.59. The molecule has 0 saturated heterocycles. The lowest BCUT2D eigenvalue weighted by Crippen LogP contribution is -2.51. The van der Waals surface area contributed by atoms with E-state index in [1.54, 1.807) is 11.1 Å². The van der Waals surface area contributed by atoms with Crippen LogP contribution in [0.1, 0.15) is 112 Å². The average Bonchev–Trinajstić information content (AvgIpc) is 3.07. The van der Waals surface area contributed by atoms with Gasteiger partial charge in [-0.2, -0.15) is 0 Å². The van der Waals surface area contributed by atoms with Crippen molar-refractivity contribution in [1.82, 2.24) is 0 Å². The van der Waals surface area contributed by atoms with Crippen molar-refractivity contribution in [2.75, 3.05) is 6.61 Å². The monoisotopic (exact) mass is 470 g/mol. The minimum Gasteiger partial charge on any atom is -0.466 e. The molecule has 3 heteroatoms. The molecule has 0 amide bonds. The number of aliphatic hydroxyl groups is 1. The number of rotatable bonds is 8. The summed E-state index contributed by atoms with van der Waals surface area (Å²) in [6.45, 7) is 14.4. The van der Waals surface area contributed by atoms with Gasteiger partial charge < -0.3 is 9.84 Å². The Morgan fingerprint density at radius 1 is 1.12 bits per heavy atom. The molecule has 0 heterocycles. The van der Waals surface area contributed by atoms with Crippen LogP contribution in [-0.4, -0.2) is 23.8 Å². The summed E-state index contributed by atoms with van der Waals surface area (Å²) in [4.78, 5) is 13.1. The van der Waals surface area contributed by atoms with Gasteiger partial charge in [0.25, 0.3) is 0 Å². The van der Waals surface area contributed by atoms with Crippen molar-refractivity contribution in [1.29, 1.82) is 0 Å². The van der Waals surface area contributed by atoms with Crippen molar-refractivity contribution in [2.45, 2.75) is 118 Å². The van der Waals surface area contributed by atoms with Gasteiger partial charge >= 0.3 is 5.97 Å². The average molecular weight is 471 g/mol. The molecule has 7 atom stereocenters. The fourth-order valence-electron chi connectivity index (χ4n) is 8.79. The summed E-state index contributed by atoms with van der Waals surface area (Å²) < 4.78 is 5.58. The normalized spacial score (nSPS) is 40.1. The predicted octanol–water partition coefficient (Wildman–Crippen LogP) is 7.63. The van der Waals surface area contributed by atoms with Crippen molar-refractivity contribution >= 4 is 5.97 Å². The van der Waals surface area contributed by atoms with E-state index in [9.17, 15) is 9.90 Å². The van der Waals surface area contributed by atoms with E-state index in [4.69, 9.17) is 4.74 Å². The summed E-state index contributed by atoms with van der Waals surface area (Å²) >= 11 is 0. The Labute approximate surface area is 208 Å². The third-order valence-corrected chi connectivity index (χ3v) is 10.8. The Morgan fingerprint density at radius 3 is 2.59 bits per heavy atom. The lowest BCUT2D eigenvalue weighted by atomic mass is 9.45. The molecule has 1 saturated carbocycles. The molecule has 0 aromatic rings. The molecule has 192 valence electrons. The maximum Gasteiger partial charge on any atom is 0.307 e. The zero-order valence-electron chi connectivity index (χ0n) is 22.8. The molecule has 0 aliphatic heterocycles. The Kier molecular flexibility index (Phi) is 7.45. The van der Waals surface area contributed by atoms with Gasteiger partial charge in [-0.25, -0.2) is 0 Å². The Morgan fingerprint density at radius 2 is 1.88 bits per heavy atom. The van der Waals surface area contributed by atoms with Gasteiger partial charge in [0.2, 0.25) is 0 Å². The molecule has 4 rings (SSSR count). The minimum atomic E-state index is -0.201. The van der Waals surface area contributed by atoms with Crippen LogP contribution < -0.4 is 0 Å². The third-order valence-electron chi connectivity index (χ3n) is 10.8. The highest BCUT2D eigenvalue weighted by molar-refractivity contribution is 5.72. The summed E-state index contributed by atoms with van der Waals surface area (Å²) in [5.74, 6) is 2.45. The molecular formula is C31H50O3. The van der Waals surface area contributed by atoms with Crippen LogP contribution in [0.15, 0.2) is 23.3 Å². The number of hydrogen-bond acceptors (Lipinski definition) is 3. The molecule has 0 radical (unpaired) electrons. The van der Waals surface area contributed by atoms with Crippen LogP contribution in [0, 0.1) is 39.9 Å². The number of fused-ring (bicyclic) bond motifs is 4. The molecule has 0 aromatic carbocycles. The Balaban J connectivity index is 1.71. The molecule has 4 aliphatic carbocycles. The van der Waals surface area contributed by atoms with E-state index in [-0.39, 0.29) is 28.3 Å². The first-order valence-electron chi connectivity index (χ1n) is 14.3. The van der Waals surface area contributed by atoms with Crippen LogP contribution in [-0.2, 0) is 9.53 Å². The van der Waals surface area contributed by atoms with Gasteiger partial charge in [0, 0.05) is 5.41 Å². The van der Waals surface area contributed by atoms with Crippen LogP contribution in [0.25, 0.3) is 0 Å². The van der Waals surface area contributed by atoms with E-state index < -0.39 is 0 Å². The molecule has 0 aromatic heterocycles. The SMILES string of the molecule is CCOC(=O)C[C@@]12C=C[C@H]([C@H](C)CCCC(C)C)[C@@]1(C)CCC1=C2CC[C@H]2C[C@@H](O)CC[C@]12C. The van der Waals surface area contributed by atoms with Gasteiger partial charge in [0.15, 0.2) is 0 Å². The fourth-order valence-corrected chi connectivity index (χ4v) is 8.79. The first kappa shape index (κ1) is 26.0. The highest BCUT2D eigenvalue weighted by Gasteiger charge is 2.62. The summed E-state index contributed by atoms with van der Waals surface area (Å²) in [5.41, 5.74) is 3.29. The number of hydrogen-bond donors (Lipinski definition) is 1. The van der Waals surface area contributed by atoms with Crippen LogP contribution in [0.3, 0.4) is 0 Å². The first-order chi connectivity index (χ1) is 16.1. The zero-order valence-corrected chi connectivity index (χ0v) is 22.8. The molecule has 34 heavy (non-hydrogen) atoms. The van der Waals surface area contributed by atoms with Gasteiger partial charge in [-0.05, 0) is 86.4 Å². The number of carbonyl (C=O) groups is 1. The highest BCUT2D eigenvalue weighted by Crippen LogP contribution is 2.70. The maximum atomic E-state index is 13.1. The summed E-state index contributed by atoms with van der Waals surface area (Å²) in [5, 5.41) is 10.4. The number of allylic oxidation sites excluding steroid dienone is 4. The molecule has 0 bridgehead atoms. The Hall–Kier alpha value is -1.09. The highest BCUT2D eigenvalue weighted by atomic mass is 16.5. The molecular weight excluding hydrogens is 420 g/mol. The van der Waals surface area contributed by atoms with Crippen LogP contribution >= 0.6 is 0 Å². The smallest absolute Gasteiger partial charge is 0.307 e. The standard InChI is InChI=1S/C31H50O3/c1-7-34-28(33)20-31-18-15-25(22(4)10-8-9-21(2)3)30(31,6)17-14-26-27(31)12-11-23-19-24(32)13-16-29(23,26)5/h15,18,21-25,32H,7-14,16-17,19-20H2,1-6H3/t22-,23+,24+,25-,29+,30-,31-/m1/s1. The predicted molar refractivity (Wildman–Crippen MR) is 139 cm³/mol. The third kappa shape index (κ3) is 4.22. The van der Waals surface area contributed by atoms with Crippen molar-refractivity contribution in [2.24, 2.45) is 39.9 Å². The maximum absolute atomic E-state index is 13.1. The van der Waals surface area contributed by atoms with E-state index in [0.29, 0.717) is 30.8 Å². The van der Waals surface area contributed by atoms with Crippen molar-refractivity contribution in [3.8, 4) is 0 Å².